The molecule has 1 N–H and O–H groups in total. The summed E-state index contributed by atoms with van der Waals surface area (Å²) in [6, 6.07) is 9.96. The molecule has 3 nitrogen and oxygen atoms in total. The standard InChI is InChI=1S/C18H19FO3/c1-11-8-12(2)13(3)16(9-11)22-17(18(20)21)10-14-6-4-5-7-15(14)19/h4-9,17H,10H2,1-3H3,(H,20,21)/t17-/m1/s1. The molecule has 116 valence electrons. The summed E-state index contributed by atoms with van der Waals surface area (Å²) in [4.78, 5) is 11.5. The molecule has 22 heavy (non-hydrogen) atoms. The van der Waals surface area contributed by atoms with Gasteiger partial charge in [0.1, 0.15) is 11.6 Å². The Kier molecular flexibility index (Phi) is 4.81. The largest absolute Gasteiger partial charge is 0.478 e. The monoisotopic (exact) mass is 302 g/mol. The summed E-state index contributed by atoms with van der Waals surface area (Å²) in [5, 5.41) is 9.37. The second-order valence-electron chi connectivity index (χ2n) is 5.45. The van der Waals surface area contributed by atoms with Crippen LogP contribution in [0.3, 0.4) is 0 Å². The second-order valence-corrected chi connectivity index (χ2v) is 5.45. The maximum absolute atomic E-state index is 13.7. The Balaban J connectivity index is 2.27. The van der Waals surface area contributed by atoms with Gasteiger partial charge in [0.25, 0.3) is 0 Å². The highest BCUT2D eigenvalue weighted by molar-refractivity contribution is 5.73. The van der Waals surface area contributed by atoms with Crippen LogP contribution in [0.4, 0.5) is 4.39 Å². The number of rotatable bonds is 5. The minimum absolute atomic E-state index is 0.0194. The number of carbonyl (C=O) groups is 1. The molecular weight excluding hydrogens is 283 g/mol. The molecule has 4 heteroatoms. The molecule has 0 aliphatic carbocycles. The lowest BCUT2D eigenvalue weighted by Gasteiger charge is -2.18. The molecule has 2 rings (SSSR count). The zero-order chi connectivity index (χ0) is 16.3. The molecule has 2 aromatic carbocycles. The van der Waals surface area contributed by atoms with Crippen LogP contribution in [0.5, 0.6) is 5.75 Å². The predicted octanol–water partition coefficient (Wildman–Crippen LogP) is 3.83. The van der Waals surface area contributed by atoms with Gasteiger partial charge in [-0.1, -0.05) is 24.3 Å². The van der Waals surface area contributed by atoms with E-state index in [4.69, 9.17) is 4.74 Å². The smallest absolute Gasteiger partial charge is 0.345 e. The third kappa shape index (κ3) is 3.64. The summed E-state index contributed by atoms with van der Waals surface area (Å²) in [7, 11) is 0. The van der Waals surface area contributed by atoms with Crippen molar-refractivity contribution in [1.82, 2.24) is 0 Å². The van der Waals surface area contributed by atoms with Crippen LogP contribution in [0.1, 0.15) is 22.3 Å². The number of hydrogen-bond acceptors (Lipinski definition) is 2. The Morgan fingerprint density at radius 2 is 1.91 bits per heavy atom. The molecule has 0 bridgehead atoms. The highest BCUT2D eigenvalue weighted by Gasteiger charge is 2.22. The van der Waals surface area contributed by atoms with Crippen LogP contribution in [-0.4, -0.2) is 17.2 Å². The van der Waals surface area contributed by atoms with Crippen molar-refractivity contribution in [2.75, 3.05) is 0 Å². The van der Waals surface area contributed by atoms with Gasteiger partial charge < -0.3 is 9.84 Å². The van der Waals surface area contributed by atoms with E-state index >= 15 is 0 Å². The lowest BCUT2D eigenvalue weighted by molar-refractivity contribution is -0.145. The van der Waals surface area contributed by atoms with E-state index < -0.39 is 17.9 Å². The minimum atomic E-state index is -1.13. The van der Waals surface area contributed by atoms with Gasteiger partial charge in [-0.15, -0.1) is 0 Å². The third-order valence-electron chi connectivity index (χ3n) is 3.67. The van der Waals surface area contributed by atoms with Crippen LogP contribution >= 0.6 is 0 Å². The molecule has 0 spiro atoms. The first-order valence-corrected chi connectivity index (χ1v) is 7.09. The molecule has 1 atom stereocenters. The number of halogens is 1. The topological polar surface area (TPSA) is 46.5 Å². The molecule has 0 saturated carbocycles. The van der Waals surface area contributed by atoms with Gasteiger partial charge in [-0.2, -0.15) is 0 Å². The number of carboxylic acids is 1. The van der Waals surface area contributed by atoms with Crippen LogP contribution < -0.4 is 4.74 Å². The fourth-order valence-electron chi connectivity index (χ4n) is 2.32. The summed E-state index contributed by atoms with van der Waals surface area (Å²) in [5.41, 5.74) is 3.25. The van der Waals surface area contributed by atoms with Gasteiger partial charge >= 0.3 is 5.97 Å². The van der Waals surface area contributed by atoms with Gasteiger partial charge in [-0.3, -0.25) is 0 Å². The van der Waals surface area contributed by atoms with Crippen LogP contribution in [0.25, 0.3) is 0 Å². The van der Waals surface area contributed by atoms with E-state index in [2.05, 4.69) is 0 Å². The lowest BCUT2D eigenvalue weighted by atomic mass is 10.0. The fraction of sp³-hybridized carbons (Fsp3) is 0.278. The number of ether oxygens (including phenoxy) is 1. The van der Waals surface area contributed by atoms with E-state index in [0.717, 1.165) is 16.7 Å². The first kappa shape index (κ1) is 16.0. The summed E-state index contributed by atoms with van der Waals surface area (Å²) < 4.78 is 19.4. The number of benzene rings is 2. The van der Waals surface area contributed by atoms with E-state index in [0.29, 0.717) is 11.3 Å². The average Bonchev–Trinajstić information content (AvgIpc) is 2.45. The Hall–Kier alpha value is -2.36. The number of aryl methyl sites for hydroxylation is 2. The molecule has 0 fully saturated rings. The summed E-state index contributed by atoms with van der Waals surface area (Å²) >= 11 is 0. The highest BCUT2D eigenvalue weighted by Crippen LogP contribution is 2.25. The quantitative estimate of drug-likeness (QED) is 0.913. The first-order chi connectivity index (χ1) is 10.4. The van der Waals surface area contributed by atoms with Crippen molar-refractivity contribution in [3.05, 3.63) is 64.5 Å². The van der Waals surface area contributed by atoms with E-state index in [9.17, 15) is 14.3 Å². The van der Waals surface area contributed by atoms with Crippen molar-refractivity contribution in [2.45, 2.75) is 33.3 Å². The van der Waals surface area contributed by atoms with Crippen molar-refractivity contribution in [2.24, 2.45) is 0 Å². The summed E-state index contributed by atoms with van der Waals surface area (Å²) in [5.74, 6) is -1.00. The SMILES string of the molecule is Cc1cc(C)c(C)c(O[C@H](Cc2ccccc2F)C(=O)O)c1. The van der Waals surface area contributed by atoms with Gasteiger partial charge in [-0.05, 0) is 55.2 Å². The average molecular weight is 302 g/mol. The Morgan fingerprint density at radius 1 is 1.23 bits per heavy atom. The van der Waals surface area contributed by atoms with Gasteiger partial charge in [-0.25, -0.2) is 9.18 Å². The van der Waals surface area contributed by atoms with Crippen molar-refractivity contribution < 1.29 is 19.0 Å². The van der Waals surface area contributed by atoms with Crippen LogP contribution in [0, 0.1) is 26.6 Å². The van der Waals surface area contributed by atoms with E-state index in [1.807, 2.05) is 26.8 Å². The Labute approximate surface area is 129 Å². The molecule has 0 aliphatic heterocycles. The van der Waals surface area contributed by atoms with E-state index in [1.54, 1.807) is 24.3 Å². The molecule has 2 aromatic rings. The molecule has 0 aliphatic rings. The fourth-order valence-corrected chi connectivity index (χ4v) is 2.32. The number of aliphatic carboxylic acids is 1. The molecular formula is C18H19FO3. The lowest BCUT2D eigenvalue weighted by Crippen LogP contribution is -2.30. The maximum atomic E-state index is 13.7. The highest BCUT2D eigenvalue weighted by atomic mass is 19.1. The maximum Gasteiger partial charge on any atom is 0.345 e. The van der Waals surface area contributed by atoms with Crippen molar-refractivity contribution in [3.63, 3.8) is 0 Å². The first-order valence-electron chi connectivity index (χ1n) is 7.09. The van der Waals surface area contributed by atoms with Crippen molar-refractivity contribution in [1.29, 1.82) is 0 Å². The molecule has 0 amide bonds. The van der Waals surface area contributed by atoms with Crippen molar-refractivity contribution in [3.8, 4) is 5.75 Å². The molecule has 0 radical (unpaired) electrons. The number of hydrogen-bond donors (Lipinski definition) is 1. The van der Waals surface area contributed by atoms with Crippen LogP contribution in [0.15, 0.2) is 36.4 Å². The molecule has 0 aromatic heterocycles. The van der Waals surface area contributed by atoms with Gasteiger partial charge in [0, 0.05) is 6.42 Å². The molecule has 0 saturated heterocycles. The van der Waals surface area contributed by atoms with Crippen LogP contribution in [0.2, 0.25) is 0 Å². The molecule has 0 heterocycles. The zero-order valence-corrected chi connectivity index (χ0v) is 12.9. The summed E-state index contributed by atoms with van der Waals surface area (Å²) in [6.07, 6.45) is -1.15. The summed E-state index contributed by atoms with van der Waals surface area (Å²) in [6.45, 7) is 5.75. The Bertz CT molecular complexity index is 695. The normalized spacial score (nSPS) is 12.0. The van der Waals surface area contributed by atoms with Gasteiger partial charge in [0.2, 0.25) is 0 Å². The van der Waals surface area contributed by atoms with Crippen molar-refractivity contribution >= 4 is 5.97 Å². The van der Waals surface area contributed by atoms with Crippen LogP contribution in [-0.2, 0) is 11.2 Å². The van der Waals surface area contributed by atoms with E-state index in [1.165, 1.54) is 6.07 Å². The zero-order valence-electron chi connectivity index (χ0n) is 12.9. The van der Waals surface area contributed by atoms with Gasteiger partial charge in [0.05, 0.1) is 0 Å². The Morgan fingerprint density at radius 3 is 2.55 bits per heavy atom. The predicted molar refractivity (Wildman–Crippen MR) is 82.8 cm³/mol. The van der Waals surface area contributed by atoms with Gasteiger partial charge in [0.15, 0.2) is 6.10 Å². The molecule has 0 unspecified atom stereocenters. The third-order valence-corrected chi connectivity index (χ3v) is 3.67. The second kappa shape index (κ2) is 6.60. The minimum Gasteiger partial charge on any atom is -0.478 e. The number of carboxylic acid groups (broad SMARTS) is 1. The van der Waals surface area contributed by atoms with E-state index in [-0.39, 0.29) is 6.42 Å².